The Balaban J connectivity index is 1.51. The van der Waals surface area contributed by atoms with Crippen LogP contribution in [0.2, 0.25) is 5.02 Å². The highest BCUT2D eigenvalue weighted by molar-refractivity contribution is 7.12. The number of thiophene rings is 1. The Morgan fingerprint density at radius 3 is 2.74 bits per heavy atom. The van der Waals surface area contributed by atoms with Crippen molar-refractivity contribution in [2.45, 2.75) is 12.8 Å². The minimum atomic E-state index is -0.141. The van der Waals surface area contributed by atoms with Gasteiger partial charge in [0.15, 0.2) is 0 Å². The number of anilines is 2. The standard InChI is InChI=1S/C21H17ClN2O2S/c22-17-5-2-1-4-15(17)12-20(25)23-16-8-7-14-9-10-24(18(14)13-16)21(26)19-6-3-11-27-19/h1-8,11,13H,9-10,12H2,(H,23,25). The Morgan fingerprint density at radius 1 is 1.11 bits per heavy atom. The van der Waals surface area contributed by atoms with Crippen molar-refractivity contribution in [3.8, 4) is 0 Å². The smallest absolute Gasteiger partial charge is 0.268 e. The van der Waals surface area contributed by atoms with Crippen molar-refractivity contribution in [1.82, 2.24) is 0 Å². The number of hydrogen-bond donors (Lipinski definition) is 1. The van der Waals surface area contributed by atoms with E-state index >= 15 is 0 Å². The molecule has 27 heavy (non-hydrogen) atoms. The molecule has 136 valence electrons. The third kappa shape index (κ3) is 3.75. The van der Waals surface area contributed by atoms with E-state index in [0.717, 1.165) is 28.1 Å². The Labute approximate surface area is 166 Å². The Kier molecular flexibility index (Phi) is 4.97. The number of fused-ring (bicyclic) bond motifs is 1. The van der Waals surface area contributed by atoms with E-state index in [2.05, 4.69) is 5.32 Å². The molecule has 1 aromatic heterocycles. The molecule has 0 fully saturated rings. The topological polar surface area (TPSA) is 49.4 Å². The van der Waals surface area contributed by atoms with Crippen LogP contribution in [0.5, 0.6) is 0 Å². The van der Waals surface area contributed by atoms with Gasteiger partial charge in [0.2, 0.25) is 5.91 Å². The first-order valence-electron chi connectivity index (χ1n) is 8.63. The predicted octanol–water partition coefficient (Wildman–Crippen LogP) is 4.79. The Morgan fingerprint density at radius 2 is 1.96 bits per heavy atom. The van der Waals surface area contributed by atoms with Crippen LogP contribution in [0.4, 0.5) is 11.4 Å². The van der Waals surface area contributed by atoms with Crippen LogP contribution in [0.25, 0.3) is 0 Å². The molecule has 2 heterocycles. The van der Waals surface area contributed by atoms with Crippen molar-refractivity contribution >= 4 is 46.1 Å². The molecule has 0 unspecified atom stereocenters. The summed E-state index contributed by atoms with van der Waals surface area (Å²) in [6.07, 6.45) is 1.02. The average molecular weight is 397 g/mol. The summed E-state index contributed by atoms with van der Waals surface area (Å²) in [4.78, 5) is 27.6. The van der Waals surface area contributed by atoms with E-state index in [-0.39, 0.29) is 18.2 Å². The first-order valence-corrected chi connectivity index (χ1v) is 9.89. The van der Waals surface area contributed by atoms with E-state index in [1.54, 1.807) is 11.0 Å². The number of benzene rings is 2. The summed E-state index contributed by atoms with van der Waals surface area (Å²) in [6, 6.07) is 16.7. The van der Waals surface area contributed by atoms with E-state index in [9.17, 15) is 9.59 Å². The molecule has 3 aromatic rings. The molecule has 0 spiro atoms. The van der Waals surface area contributed by atoms with Crippen LogP contribution in [0.3, 0.4) is 0 Å². The van der Waals surface area contributed by atoms with Gasteiger partial charge in [0.25, 0.3) is 5.91 Å². The highest BCUT2D eigenvalue weighted by Crippen LogP contribution is 2.32. The molecule has 2 aromatic carbocycles. The normalized spacial score (nSPS) is 12.7. The maximum Gasteiger partial charge on any atom is 0.268 e. The highest BCUT2D eigenvalue weighted by Gasteiger charge is 2.26. The summed E-state index contributed by atoms with van der Waals surface area (Å²) < 4.78 is 0. The summed E-state index contributed by atoms with van der Waals surface area (Å²) in [5.74, 6) is -0.138. The maximum atomic E-state index is 12.7. The predicted molar refractivity (Wildman–Crippen MR) is 110 cm³/mol. The molecule has 0 saturated carbocycles. The largest absolute Gasteiger partial charge is 0.326 e. The van der Waals surface area contributed by atoms with Crippen LogP contribution < -0.4 is 10.2 Å². The molecule has 4 rings (SSSR count). The monoisotopic (exact) mass is 396 g/mol. The highest BCUT2D eigenvalue weighted by atomic mass is 35.5. The lowest BCUT2D eigenvalue weighted by Crippen LogP contribution is -2.28. The number of carbonyl (C=O) groups is 2. The van der Waals surface area contributed by atoms with Crippen LogP contribution in [0, 0.1) is 0 Å². The Hall–Kier alpha value is -2.63. The third-order valence-corrected chi connectivity index (χ3v) is 5.78. The lowest BCUT2D eigenvalue weighted by Gasteiger charge is -2.17. The second-order valence-corrected chi connectivity index (χ2v) is 7.70. The molecule has 2 amide bonds. The number of amides is 2. The van der Waals surface area contributed by atoms with E-state index in [0.29, 0.717) is 17.3 Å². The number of nitrogens with zero attached hydrogens (tertiary/aromatic N) is 1. The van der Waals surface area contributed by atoms with Gasteiger partial charge in [-0.1, -0.05) is 41.9 Å². The molecule has 4 nitrogen and oxygen atoms in total. The molecular formula is C21H17ClN2O2S. The van der Waals surface area contributed by atoms with Gasteiger partial charge in [-0.15, -0.1) is 11.3 Å². The van der Waals surface area contributed by atoms with Crippen LogP contribution in [-0.4, -0.2) is 18.4 Å². The zero-order valence-corrected chi connectivity index (χ0v) is 16.0. The first-order chi connectivity index (χ1) is 13.1. The fraction of sp³-hybridized carbons (Fsp3) is 0.143. The van der Waals surface area contributed by atoms with Crippen molar-refractivity contribution in [1.29, 1.82) is 0 Å². The van der Waals surface area contributed by atoms with Gasteiger partial charge in [-0.2, -0.15) is 0 Å². The van der Waals surface area contributed by atoms with Gasteiger partial charge in [-0.25, -0.2) is 0 Å². The van der Waals surface area contributed by atoms with Crippen molar-refractivity contribution in [3.05, 3.63) is 81.0 Å². The summed E-state index contributed by atoms with van der Waals surface area (Å²) in [7, 11) is 0. The number of nitrogens with one attached hydrogen (secondary N) is 1. The van der Waals surface area contributed by atoms with E-state index in [4.69, 9.17) is 11.6 Å². The van der Waals surface area contributed by atoms with Gasteiger partial charge in [0.1, 0.15) is 0 Å². The molecule has 1 aliphatic rings. The molecule has 6 heteroatoms. The molecule has 0 atom stereocenters. The zero-order chi connectivity index (χ0) is 18.8. The molecule has 1 aliphatic heterocycles. The fourth-order valence-electron chi connectivity index (χ4n) is 3.22. The summed E-state index contributed by atoms with van der Waals surface area (Å²) >= 11 is 7.56. The Bertz CT molecular complexity index is 1000. The summed E-state index contributed by atoms with van der Waals surface area (Å²) in [5, 5.41) is 5.39. The van der Waals surface area contributed by atoms with Gasteiger partial charge in [0, 0.05) is 22.9 Å². The molecular weight excluding hydrogens is 380 g/mol. The van der Waals surface area contributed by atoms with Crippen LogP contribution >= 0.6 is 22.9 Å². The van der Waals surface area contributed by atoms with Crippen LogP contribution in [0.15, 0.2) is 60.0 Å². The van der Waals surface area contributed by atoms with Gasteiger partial charge in [0.05, 0.1) is 11.3 Å². The van der Waals surface area contributed by atoms with E-state index in [1.165, 1.54) is 11.3 Å². The van der Waals surface area contributed by atoms with E-state index in [1.807, 2.05) is 53.9 Å². The number of carbonyl (C=O) groups excluding carboxylic acids is 2. The second kappa shape index (κ2) is 7.55. The molecule has 0 radical (unpaired) electrons. The van der Waals surface area contributed by atoms with E-state index < -0.39 is 0 Å². The molecule has 0 bridgehead atoms. The molecule has 1 N–H and O–H groups in total. The minimum absolute atomic E-state index is 0.00305. The zero-order valence-electron chi connectivity index (χ0n) is 14.4. The number of rotatable bonds is 4. The first kappa shape index (κ1) is 17.8. The van der Waals surface area contributed by atoms with Crippen molar-refractivity contribution in [2.75, 3.05) is 16.8 Å². The summed E-state index contributed by atoms with van der Waals surface area (Å²) in [5.41, 5.74) is 3.44. The minimum Gasteiger partial charge on any atom is -0.326 e. The van der Waals surface area contributed by atoms with Gasteiger partial charge >= 0.3 is 0 Å². The quantitative estimate of drug-likeness (QED) is 0.689. The van der Waals surface area contributed by atoms with Gasteiger partial charge in [-0.05, 0) is 47.2 Å². The van der Waals surface area contributed by atoms with Gasteiger partial charge < -0.3 is 10.2 Å². The average Bonchev–Trinajstić information content (AvgIpc) is 3.32. The fourth-order valence-corrected chi connectivity index (χ4v) is 4.10. The lowest BCUT2D eigenvalue weighted by molar-refractivity contribution is -0.115. The van der Waals surface area contributed by atoms with Gasteiger partial charge in [-0.3, -0.25) is 9.59 Å². The maximum absolute atomic E-state index is 12.7. The third-order valence-electron chi connectivity index (χ3n) is 4.55. The van der Waals surface area contributed by atoms with Crippen molar-refractivity contribution in [2.24, 2.45) is 0 Å². The SMILES string of the molecule is O=C(Cc1ccccc1Cl)Nc1ccc2c(c1)N(C(=O)c1cccs1)CC2. The summed E-state index contributed by atoms with van der Waals surface area (Å²) in [6.45, 7) is 0.656. The van der Waals surface area contributed by atoms with Crippen molar-refractivity contribution < 1.29 is 9.59 Å². The molecule has 0 aliphatic carbocycles. The molecule has 0 saturated heterocycles. The van der Waals surface area contributed by atoms with Crippen molar-refractivity contribution in [3.63, 3.8) is 0 Å². The second-order valence-electron chi connectivity index (χ2n) is 6.34. The van der Waals surface area contributed by atoms with Crippen LogP contribution in [0.1, 0.15) is 20.8 Å². The lowest BCUT2D eigenvalue weighted by atomic mass is 10.1. The number of hydrogen-bond acceptors (Lipinski definition) is 3. The van der Waals surface area contributed by atoms with Crippen LogP contribution in [-0.2, 0) is 17.6 Å². The number of halogens is 1.